The quantitative estimate of drug-likeness (QED) is 0.0320. The van der Waals surface area contributed by atoms with Crippen molar-refractivity contribution in [3.8, 4) is 0 Å². The van der Waals surface area contributed by atoms with E-state index in [0.717, 1.165) is 51.4 Å². The van der Waals surface area contributed by atoms with E-state index in [1.165, 1.54) is 327 Å². The second-order valence-corrected chi connectivity index (χ2v) is 25.3. The second kappa shape index (κ2) is 70.6. The van der Waals surface area contributed by atoms with Gasteiger partial charge in [-0.2, -0.15) is 0 Å². The highest BCUT2D eigenvalue weighted by Gasteiger charge is 2.18. The first-order valence-corrected chi connectivity index (χ1v) is 36.8. The first-order chi connectivity index (χ1) is 40.0. The summed E-state index contributed by atoms with van der Waals surface area (Å²) in [6.07, 6.45) is 90.8. The fraction of sp³-hybridized carbons (Fsp3) is 0.893. The van der Waals surface area contributed by atoms with Crippen LogP contribution < -0.4 is 5.32 Å². The van der Waals surface area contributed by atoms with Crippen molar-refractivity contribution in [2.45, 2.75) is 418 Å². The summed E-state index contributed by atoms with van der Waals surface area (Å²) in [6.45, 7) is 4.93. The number of carbonyl (C=O) groups is 2. The van der Waals surface area contributed by atoms with E-state index < -0.39 is 12.1 Å². The normalized spacial score (nSPS) is 12.7. The van der Waals surface area contributed by atoms with Crippen molar-refractivity contribution in [1.29, 1.82) is 0 Å². The molecule has 81 heavy (non-hydrogen) atoms. The van der Waals surface area contributed by atoms with Gasteiger partial charge in [0.05, 0.1) is 25.4 Å². The monoisotopic (exact) mass is 1140 g/mol. The van der Waals surface area contributed by atoms with Gasteiger partial charge in [0.1, 0.15) is 0 Å². The first-order valence-electron chi connectivity index (χ1n) is 36.8. The van der Waals surface area contributed by atoms with Crippen LogP contribution in [-0.2, 0) is 14.3 Å². The fourth-order valence-corrected chi connectivity index (χ4v) is 11.5. The average molecular weight is 1140 g/mol. The maximum Gasteiger partial charge on any atom is 0.305 e. The Morgan fingerprint density at radius 3 is 0.877 bits per heavy atom. The van der Waals surface area contributed by atoms with E-state index in [4.69, 9.17) is 4.74 Å². The molecule has 0 saturated carbocycles. The molecule has 1 amide bonds. The van der Waals surface area contributed by atoms with Gasteiger partial charge in [0.15, 0.2) is 0 Å². The molecule has 2 unspecified atom stereocenters. The summed E-state index contributed by atoms with van der Waals surface area (Å²) >= 11 is 0. The average Bonchev–Trinajstić information content (AvgIpc) is 3.47. The summed E-state index contributed by atoms with van der Waals surface area (Å²) in [7, 11) is 0. The molecule has 0 radical (unpaired) electrons. The van der Waals surface area contributed by atoms with Crippen molar-refractivity contribution in [3.63, 3.8) is 0 Å². The minimum atomic E-state index is -0.850. The van der Waals surface area contributed by atoms with Crippen LogP contribution in [0.5, 0.6) is 0 Å². The zero-order valence-corrected chi connectivity index (χ0v) is 54.8. The zero-order chi connectivity index (χ0) is 58.5. The van der Waals surface area contributed by atoms with Crippen molar-refractivity contribution >= 4 is 11.9 Å². The maximum atomic E-state index is 12.5. The third kappa shape index (κ3) is 67.1. The van der Waals surface area contributed by atoms with Crippen LogP contribution in [0.1, 0.15) is 406 Å². The predicted molar refractivity (Wildman–Crippen MR) is 356 cm³/mol. The van der Waals surface area contributed by atoms with Crippen molar-refractivity contribution in [2.24, 2.45) is 0 Å². The van der Waals surface area contributed by atoms with Crippen LogP contribution in [0.25, 0.3) is 0 Å². The lowest BCUT2D eigenvalue weighted by molar-refractivity contribution is -0.143. The molecule has 0 aliphatic heterocycles. The second-order valence-electron chi connectivity index (χ2n) is 25.3. The number of hydrogen-bond acceptors (Lipinski definition) is 5. The molecule has 0 aromatic carbocycles. The third-order valence-corrected chi connectivity index (χ3v) is 17.1. The summed E-state index contributed by atoms with van der Waals surface area (Å²) in [4.78, 5) is 24.6. The Morgan fingerprint density at radius 1 is 0.333 bits per heavy atom. The summed E-state index contributed by atoms with van der Waals surface area (Å²) in [5, 5.41) is 23.3. The topological polar surface area (TPSA) is 95.9 Å². The first kappa shape index (κ1) is 79.1. The lowest BCUT2D eigenvalue weighted by Crippen LogP contribution is -2.45. The Balaban J connectivity index is 3.43. The number of esters is 1. The van der Waals surface area contributed by atoms with Crippen LogP contribution in [0.15, 0.2) is 36.5 Å². The molecule has 0 bridgehead atoms. The number of unbranched alkanes of at least 4 members (excludes halogenated alkanes) is 54. The minimum Gasteiger partial charge on any atom is -0.466 e. The molecule has 478 valence electrons. The number of aliphatic hydroxyl groups is 2. The van der Waals surface area contributed by atoms with Gasteiger partial charge in [0.25, 0.3) is 0 Å². The van der Waals surface area contributed by atoms with E-state index in [1.54, 1.807) is 6.08 Å². The summed E-state index contributed by atoms with van der Waals surface area (Å²) in [5.41, 5.74) is 0. The molecule has 0 aromatic rings. The van der Waals surface area contributed by atoms with Crippen LogP contribution in [0.2, 0.25) is 0 Å². The van der Waals surface area contributed by atoms with Crippen molar-refractivity contribution in [2.75, 3.05) is 13.2 Å². The number of rotatable bonds is 69. The summed E-state index contributed by atoms with van der Waals surface area (Å²) < 4.78 is 5.50. The number of nitrogens with one attached hydrogen (secondary N) is 1. The predicted octanol–water partition coefficient (Wildman–Crippen LogP) is 23.9. The third-order valence-electron chi connectivity index (χ3n) is 17.1. The summed E-state index contributed by atoms with van der Waals surface area (Å²) in [5.74, 6) is -0.0615. The van der Waals surface area contributed by atoms with Crippen molar-refractivity contribution in [1.82, 2.24) is 5.32 Å². The fourth-order valence-electron chi connectivity index (χ4n) is 11.5. The van der Waals surface area contributed by atoms with Crippen LogP contribution in [0.3, 0.4) is 0 Å². The maximum absolute atomic E-state index is 12.5. The molecule has 0 fully saturated rings. The van der Waals surface area contributed by atoms with Gasteiger partial charge in [-0.25, -0.2) is 0 Å². The summed E-state index contributed by atoms with van der Waals surface area (Å²) in [6, 6.07) is -0.634. The molecule has 3 N–H and O–H groups in total. The number of carbonyl (C=O) groups excluding carboxylic acids is 2. The number of aliphatic hydroxyl groups excluding tert-OH is 2. The molecule has 0 saturated heterocycles. The molecule has 0 aliphatic carbocycles. The molecular weight excluding hydrogens is 995 g/mol. The number of allylic oxidation sites excluding steroid dienone is 5. The Hall–Kier alpha value is -1.92. The Morgan fingerprint density at radius 2 is 0.580 bits per heavy atom. The lowest BCUT2D eigenvalue weighted by Gasteiger charge is -2.20. The SMILES string of the molecule is CCCCCCCCC/C=C\CCCCCCCCCC(=O)OCCCCCCCCCCCCCC/C=C\CCCCCCCCCC(=O)NC(CO)C(O)/C=C/CCCCCCCCCCCCCCCCCCCCCCC. The van der Waals surface area contributed by atoms with Gasteiger partial charge < -0.3 is 20.3 Å². The van der Waals surface area contributed by atoms with Gasteiger partial charge in [0, 0.05) is 12.8 Å². The standard InChI is InChI=1S/C75H143NO5/c1-3-5-7-9-11-13-15-17-19-21-23-24-26-29-32-35-39-43-47-51-55-59-63-67-73(78)72(71-77)76-74(79)68-64-60-56-52-48-44-40-36-33-30-27-25-28-31-34-38-42-46-50-54-58-62-66-70-81-75(80)69-65-61-57-53-49-45-41-37-22-20-18-16-14-12-10-8-6-4-2/h20,22,30,33,63,67,72-73,77-78H,3-19,21,23-29,31-32,34-62,64-66,68-71H2,1-2H3,(H,76,79)/b22-20-,33-30-,67-63+. The highest BCUT2D eigenvalue weighted by atomic mass is 16.5. The van der Waals surface area contributed by atoms with Gasteiger partial charge in [-0.15, -0.1) is 0 Å². The molecule has 6 nitrogen and oxygen atoms in total. The molecule has 0 heterocycles. The van der Waals surface area contributed by atoms with Gasteiger partial charge in [-0.3, -0.25) is 9.59 Å². The number of amides is 1. The van der Waals surface area contributed by atoms with Crippen LogP contribution in [-0.4, -0.2) is 47.4 Å². The van der Waals surface area contributed by atoms with E-state index >= 15 is 0 Å². The van der Waals surface area contributed by atoms with Gasteiger partial charge >= 0.3 is 5.97 Å². The van der Waals surface area contributed by atoms with E-state index in [1.807, 2.05) is 6.08 Å². The van der Waals surface area contributed by atoms with Crippen LogP contribution in [0.4, 0.5) is 0 Å². The van der Waals surface area contributed by atoms with E-state index in [0.29, 0.717) is 19.4 Å². The van der Waals surface area contributed by atoms with Crippen LogP contribution >= 0.6 is 0 Å². The van der Waals surface area contributed by atoms with E-state index in [2.05, 4.69) is 43.5 Å². The van der Waals surface area contributed by atoms with Crippen molar-refractivity contribution in [3.05, 3.63) is 36.5 Å². The molecule has 6 heteroatoms. The van der Waals surface area contributed by atoms with E-state index in [9.17, 15) is 19.8 Å². The highest BCUT2D eigenvalue weighted by Crippen LogP contribution is 2.19. The van der Waals surface area contributed by atoms with Crippen molar-refractivity contribution < 1.29 is 24.5 Å². The Bertz CT molecular complexity index is 1310. The lowest BCUT2D eigenvalue weighted by atomic mass is 10.0. The van der Waals surface area contributed by atoms with Gasteiger partial charge in [-0.05, 0) is 83.5 Å². The molecule has 0 spiro atoms. The molecule has 2 atom stereocenters. The molecule has 0 aliphatic rings. The molecule has 0 aromatic heterocycles. The van der Waals surface area contributed by atoms with Gasteiger partial charge in [-0.1, -0.05) is 346 Å². The smallest absolute Gasteiger partial charge is 0.305 e. The Labute approximate surface area is 506 Å². The largest absolute Gasteiger partial charge is 0.466 e. The number of hydrogen-bond donors (Lipinski definition) is 3. The number of ether oxygens (including phenoxy) is 1. The van der Waals surface area contributed by atoms with Crippen LogP contribution in [0, 0.1) is 0 Å². The molecular formula is C75H143NO5. The minimum absolute atomic E-state index is 0.00882. The van der Waals surface area contributed by atoms with E-state index in [-0.39, 0.29) is 18.5 Å². The van der Waals surface area contributed by atoms with Gasteiger partial charge in [0.2, 0.25) is 5.91 Å². The molecule has 0 rings (SSSR count). The highest BCUT2D eigenvalue weighted by molar-refractivity contribution is 5.76. The zero-order valence-electron chi connectivity index (χ0n) is 54.8. The Kier molecular flexibility index (Phi) is 68.9.